The number of nitrogens with zero attached hydrogens (tertiary/aromatic N) is 2. The summed E-state index contributed by atoms with van der Waals surface area (Å²) in [5, 5.41) is 2.28. The Morgan fingerprint density at radius 3 is 2.35 bits per heavy atom. The topological polar surface area (TPSA) is 15.5 Å². The summed E-state index contributed by atoms with van der Waals surface area (Å²) in [5.74, 6) is 3.86. The quantitative estimate of drug-likeness (QED) is 0.703. The van der Waals surface area contributed by atoms with Crippen LogP contribution in [0.3, 0.4) is 0 Å². The zero-order chi connectivity index (χ0) is 18.8. The smallest absolute Gasteiger partial charge is 0.257 e. The zero-order valence-electron chi connectivity index (χ0n) is 17.5. The second kappa shape index (κ2) is 8.12. The van der Waals surface area contributed by atoms with Gasteiger partial charge < -0.3 is 0 Å². The molecule has 26 heavy (non-hydrogen) atoms. The van der Waals surface area contributed by atoms with Crippen LogP contribution in [0, 0.1) is 23.7 Å². The first-order valence-corrected chi connectivity index (χ1v) is 10.5. The van der Waals surface area contributed by atoms with E-state index in [2.05, 4.69) is 81.6 Å². The molecule has 2 aliphatic rings. The van der Waals surface area contributed by atoms with Crippen molar-refractivity contribution >= 4 is 5.84 Å². The molecule has 0 saturated heterocycles. The van der Waals surface area contributed by atoms with Gasteiger partial charge >= 0.3 is 5.84 Å². The van der Waals surface area contributed by atoms with Gasteiger partial charge in [0.05, 0.1) is 12.6 Å². The van der Waals surface area contributed by atoms with Gasteiger partial charge in [-0.3, -0.25) is 4.58 Å². The highest BCUT2D eigenvalue weighted by Crippen LogP contribution is 2.37. The minimum Gasteiger partial charge on any atom is -0.257 e. The Morgan fingerprint density at radius 1 is 1.04 bits per heavy atom. The summed E-state index contributed by atoms with van der Waals surface area (Å²) in [6.45, 7) is 12.7. The fourth-order valence-corrected chi connectivity index (χ4v) is 4.69. The molecule has 3 rings (SSSR count). The molecule has 0 aromatic heterocycles. The summed E-state index contributed by atoms with van der Waals surface area (Å²) < 4.78 is 2.37. The Balaban J connectivity index is 1.90. The van der Waals surface area contributed by atoms with E-state index >= 15 is 0 Å². The van der Waals surface area contributed by atoms with Crippen LogP contribution in [-0.4, -0.2) is 41.2 Å². The van der Waals surface area contributed by atoms with Crippen LogP contribution in [0.15, 0.2) is 30.3 Å². The van der Waals surface area contributed by atoms with Crippen molar-refractivity contribution in [2.75, 3.05) is 13.6 Å². The van der Waals surface area contributed by atoms with Gasteiger partial charge in [0, 0.05) is 5.92 Å². The molecular weight excluding hydrogens is 320 g/mol. The Labute approximate surface area is 160 Å². The van der Waals surface area contributed by atoms with Gasteiger partial charge in [-0.05, 0) is 42.7 Å². The SMILES string of the molecule is CC(C)[C@H]1C[N+](C)=C(c2ccccc2)N1O[C@@H]1C[C@H](C)CC[C@H]1C(C)C. The Kier molecular flexibility index (Phi) is 6.06. The fraction of sp³-hybridized carbons (Fsp3) is 0.696. The highest BCUT2D eigenvalue weighted by molar-refractivity contribution is 5.95. The van der Waals surface area contributed by atoms with E-state index in [0.717, 1.165) is 12.5 Å². The van der Waals surface area contributed by atoms with E-state index in [1.807, 2.05) is 0 Å². The number of benzene rings is 1. The van der Waals surface area contributed by atoms with Gasteiger partial charge in [0.25, 0.3) is 0 Å². The molecule has 1 heterocycles. The largest absolute Gasteiger partial charge is 0.310 e. The predicted octanol–water partition coefficient (Wildman–Crippen LogP) is 4.81. The molecule has 4 atom stereocenters. The van der Waals surface area contributed by atoms with Gasteiger partial charge in [-0.15, -0.1) is 5.06 Å². The van der Waals surface area contributed by atoms with Gasteiger partial charge in [0.15, 0.2) is 6.04 Å². The summed E-state index contributed by atoms with van der Waals surface area (Å²) >= 11 is 0. The first kappa shape index (κ1) is 19.4. The Bertz CT molecular complexity index is 622. The summed E-state index contributed by atoms with van der Waals surface area (Å²) in [5.41, 5.74) is 1.25. The van der Waals surface area contributed by atoms with Gasteiger partial charge in [0.1, 0.15) is 12.6 Å². The van der Waals surface area contributed by atoms with Crippen LogP contribution in [0.5, 0.6) is 0 Å². The third-order valence-electron chi connectivity index (χ3n) is 6.34. The molecule has 1 saturated carbocycles. The van der Waals surface area contributed by atoms with Crippen LogP contribution in [0.25, 0.3) is 0 Å². The number of hydrogen-bond acceptors (Lipinski definition) is 2. The average molecular weight is 358 g/mol. The third-order valence-corrected chi connectivity index (χ3v) is 6.34. The van der Waals surface area contributed by atoms with Crippen molar-refractivity contribution in [3.8, 4) is 0 Å². The number of likely N-dealkylation sites (N-methyl/N-ethyl adjacent to an activating group) is 1. The summed E-state index contributed by atoms with van der Waals surface area (Å²) in [4.78, 5) is 6.86. The van der Waals surface area contributed by atoms with Crippen molar-refractivity contribution < 1.29 is 9.41 Å². The van der Waals surface area contributed by atoms with Gasteiger partial charge in [-0.2, -0.15) is 4.84 Å². The molecule has 0 spiro atoms. The number of amidine groups is 1. The molecule has 0 N–H and O–H groups in total. The van der Waals surface area contributed by atoms with E-state index in [-0.39, 0.29) is 0 Å². The predicted molar refractivity (Wildman–Crippen MR) is 108 cm³/mol. The van der Waals surface area contributed by atoms with Crippen molar-refractivity contribution in [3.63, 3.8) is 0 Å². The first-order chi connectivity index (χ1) is 12.4. The van der Waals surface area contributed by atoms with E-state index in [4.69, 9.17) is 4.84 Å². The molecule has 0 radical (unpaired) electrons. The minimum absolute atomic E-state index is 0.324. The van der Waals surface area contributed by atoms with Gasteiger partial charge in [-0.25, -0.2) is 0 Å². The van der Waals surface area contributed by atoms with E-state index in [0.29, 0.717) is 29.9 Å². The van der Waals surface area contributed by atoms with Crippen LogP contribution in [0.1, 0.15) is 59.4 Å². The van der Waals surface area contributed by atoms with Crippen LogP contribution in [0.2, 0.25) is 0 Å². The van der Waals surface area contributed by atoms with Crippen LogP contribution in [-0.2, 0) is 4.84 Å². The lowest BCUT2D eigenvalue weighted by Crippen LogP contribution is -2.46. The minimum atomic E-state index is 0.324. The van der Waals surface area contributed by atoms with Crippen molar-refractivity contribution in [3.05, 3.63) is 35.9 Å². The average Bonchev–Trinajstić information content (AvgIpc) is 2.92. The van der Waals surface area contributed by atoms with Gasteiger partial charge in [-0.1, -0.05) is 59.2 Å². The molecule has 3 heteroatoms. The molecule has 1 aliphatic carbocycles. The number of hydroxylamine groups is 2. The van der Waals surface area contributed by atoms with Gasteiger partial charge in [0.2, 0.25) is 0 Å². The van der Waals surface area contributed by atoms with E-state index in [9.17, 15) is 0 Å². The Morgan fingerprint density at radius 2 is 1.73 bits per heavy atom. The standard InChI is InChI=1S/C23H37N2O/c1-16(2)20-13-12-18(5)14-22(20)26-25-21(17(3)4)15-24(6)23(25)19-10-8-7-9-11-19/h7-11,16-18,20-22H,12-15H2,1-6H3/q+1/t18-,20+,21-,22-/m1/s1. The van der Waals surface area contributed by atoms with E-state index < -0.39 is 0 Å². The molecule has 0 bridgehead atoms. The normalized spacial score (nSPS) is 29.9. The zero-order valence-corrected chi connectivity index (χ0v) is 17.5. The van der Waals surface area contributed by atoms with Crippen LogP contribution in [0.4, 0.5) is 0 Å². The molecule has 1 aromatic rings. The second-order valence-electron chi connectivity index (χ2n) is 9.18. The van der Waals surface area contributed by atoms with Crippen molar-refractivity contribution in [2.45, 2.75) is 66.0 Å². The molecule has 144 valence electrons. The highest BCUT2D eigenvalue weighted by Gasteiger charge is 2.46. The van der Waals surface area contributed by atoms with Crippen LogP contribution >= 0.6 is 0 Å². The molecule has 1 aromatic carbocycles. The highest BCUT2D eigenvalue weighted by atomic mass is 16.7. The third kappa shape index (κ3) is 3.98. The Hall–Kier alpha value is -1.35. The lowest BCUT2D eigenvalue weighted by atomic mass is 9.75. The maximum atomic E-state index is 6.86. The summed E-state index contributed by atoms with van der Waals surface area (Å²) in [7, 11) is 2.20. The number of rotatable bonds is 5. The molecular formula is C23H37N2O+. The fourth-order valence-electron chi connectivity index (χ4n) is 4.69. The molecule has 0 unspecified atom stereocenters. The summed E-state index contributed by atoms with van der Waals surface area (Å²) in [6.07, 6.45) is 4.13. The molecule has 3 nitrogen and oxygen atoms in total. The van der Waals surface area contributed by atoms with E-state index in [1.165, 1.54) is 30.7 Å². The first-order valence-electron chi connectivity index (χ1n) is 10.5. The molecule has 1 aliphatic heterocycles. The number of hydrogen-bond donors (Lipinski definition) is 0. The van der Waals surface area contributed by atoms with Crippen molar-refractivity contribution in [1.29, 1.82) is 0 Å². The molecule has 1 fully saturated rings. The molecule has 0 amide bonds. The maximum Gasteiger partial charge on any atom is 0.310 e. The monoisotopic (exact) mass is 357 g/mol. The lowest BCUT2D eigenvalue weighted by molar-refractivity contribution is -0.490. The maximum absolute atomic E-state index is 6.86. The lowest BCUT2D eigenvalue weighted by Gasteiger charge is -2.37. The van der Waals surface area contributed by atoms with E-state index in [1.54, 1.807) is 0 Å². The van der Waals surface area contributed by atoms with Crippen LogP contribution < -0.4 is 0 Å². The second-order valence-corrected chi connectivity index (χ2v) is 9.18. The van der Waals surface area contributed by atoms with Crippen molar-refractivity contribution in [2.24, 2.45) is 23.7 Å². The van der Waals surface area contributed by atoms with Crippen molar-refractivity contribution in [1.82, 2.24) is 5.06 Å². The summed E-state index contributed by atoms with van der Waals surface area (Å²) in [6, 6.07) is 11.1.